The monoisotopic (exact) mass is 405 g/mol. The van der Waals surface area contributed by atoms with Gasteiger partial charge in [0.25, 0.3) is 5.91 Å². The van der Waals surface area contributed by atoms with Gasteiger partial charge in [-0.2, -0.15) is 0 Å². The molecule has 1 amide bonds. The minimum absolute atomic E-state index is 0.0728. The van der Waals surface area contributed by atoms with E-state index in [1.807, 2.05) is 0 Å². The van der Waals surface area contributed by atoms with Crippen LogP contribution in [-0.2, 0) is 9.53 Å². The maximum absolute atomic E-state index is 12.0. The van der Waals surface area contributed by atoms with Gasteiger partial charge in [0.2, 0.25) is 0 Å². The number of hydrogen-bond acceptors (Lipinski definition) is 3. The minimum Gasteiger partial charge on any atom is -0.452 e. The second-order valence-corrected chi connectivity index (χ2v) is 6.43. The quantitative estimate of drug-likeness (QED) is 0.691. The summed E-state index contributed by atoms with van der Waals surface area (Å²) in [4.78, 5) is 23.9. The third kappa shape index (κ3) is 4.54. The number of anilines is 1. The van der Waals surface area contributed by atoms with Crippen molar-refractivity contribution >= 4 is 64.0 Å². The van der Waals surface area contributed by atoms with Crippen molar-refractivity contribution in [2.75, 3.05) is 11.9 Å². The second-order valence-electron chi connectivity index (χ2n) is 4.80. The first-order chi connectivity index (χ1) is 11.3. The molecule has 0 bridgehead atoms. The van der Waals surface area contributed by atoms with Crippen molar-refractivity contribution in [3.05, 3.63) is 61.5 Å². The number of halogens is 4. The van der Waals surface area contributed by atoms with Crippen LogP contribution in [0.5, 0.6) is 0 Å². The van der Waals surface area contributed by atoms with Crippen LogP contribution in [0.4, 0.5) is 5.69 Å². The number of rotatable bonds is 4. The highest BCUT2D eigenvalue weighted by atomic mass is 35.5. The lowest BCUT2D eigenvalue weighted by atomic mass is 10.2. The van der Waals surface area contributed by atoms with Gasteiger partial charge >= 0.3 is 5.97 Å². The molecule has 2 rings (SSSR count). The van der Waals surface area contributed by atoms with Crippen LogP contribution < -0.4 is 5.32 Å². The molecular weight excluding hydrogens is 396 g/mol. The smallest absolute Gasteiger partial charge is 0.340 e. The van der Waals surface area contributed by atoms with Crippen molar-refractivity contribution in [3.63, 3.8) is 0 Å². The average Bonchev–Trinajstić information content (AvgIpc) is 2.55. The molecule has 2 aromatic carbocycles. The van der Waals surface area contributed by atoms with Crippen LogP contribution in [0.25, 0.3) is 0 Å². The van der Waals surface area contributed by atoms with Gasteiger partial charge in [0.1, 0.15) is 0 Å². The summed E-state index contributed by atoms with van der Waals surface area (Å²) in [7, 11) is 0. The Morgan fingerprint density at radius 2 is 1.71 bits per heavy atom. The van der Waals surface area contributed by atoms with E-state index >= 15 is 0 Å². The Kier molecular flexibility index (Phi) is 6.35. The van der Waals surface area contributed by atoms with Gasteiger partial charge in [0.05, 0.1) is 26.3 Å². The fourth-order valence-electron chi connectivity index (χ4n) is 1.81. The summed E-state index contributed by atoms with van der Waals surface area (Å²) in [6.07, 6.45) is 0. The van der Waals surface area contributed by atoms with Crippen LogP contribution in [0.3, 0.4) is 0 Å². The molecule has 0 aromatic heterocycles. The second kappa shape index (κ2) is 8.08. The molecular formula is C16H11Cl4NO3. The van der Waals surface area contributed by atoms with Crippen molar-refractivity contribution in [2.45, 2.75) is 6.92 Å². The van der Waals surface area contributed by atoms with Gasteiger partial charge in [-0.25, -0.2) is 4.79 Å². The van der Waals surface area contributed by atoms with E-state index in [-0.39, 0.29) is 21.3 Å². The molecule has 0 atom stereocenters. The van der Waals surface area contributed by atoms with Crippen molar-refractivity contribution in [3.8, 4) is 0 Å². The lowest BCUT2D eigenvalue weighted by molar-refractivity contribution is -0.119. The van der Waals surface area contributed by atoms with Crippen LogP contribution in [0.2, 0.25) is 20.1 Å². The first-order valence-electron chi connectivity index (χ1n) is 6.66. The third-order valence-electron chi connectivity index (χ3n) is 3.03. The number of nitrogens with one attached hydrogen (secondary N) is 1. The molecule has 24 heavy (non-hydrogen) atoms. The molecule has 1 N–H and O–H groups in total. The highest BCUT2D eigenvalue weighted by molar-refractivity contribution is 6.40. The van der Waals surface area contributed by atoms with Gasteiger partial charge < -0.3 is 10.1 Å². The third-order valence-corrected chi connectivity index (χ3v) is 4.40. The van der Waals surface area contributed by atoms with Gasteiger partial charge in [-0.1, -0.05) is 52.5 Å². The lowest BCUT2D eigenvalue weighted by Crippen LogP contribution is -2.21. The number of benzene rings is 2. The highest BCUT2D eigenvalue weighted by Crippen LogP contribution is 2.32. The topological polar surface area (TPSA) is 55.4 Å². The molecule has 0 aliphatic carbocycles. The minimum atomic E-state index is -0.765. The zero-order valence-corrected chi connectivity index (χ0v) is 15.4. The van der Waals surface area contributed by atoms with Crippen LogP contribution in [0.15, 0.2) is 30.3 Å². The van der Waals surface area contributed by atoms with E-state index in [2.05, 4.69) is 5.32 Å². The van der Waals surface area contributed by atoms with E-state index in [9.17, 15) is 9.59 Å². The van der Waals surface area contributed by atoms with E-state index in [1.165, 1.54) is 18.2 Å². The van der Waals surface area contributed by atoms with E-state index in [1.54, 1.807) is 19.1 Å². The number of aryl methyl sites for hydroxylation is 1. The lowest BCUT2D eigenvalue weighted by Gasteiger charge is -2.11. The zero-order valence-electron chi connectivity index (χ0n) is 12.3. The van der Waals surface area contributed by atoms with Gasteiger partial charge in [-0.15, -0.1) is 0 Å². The van der Waals surface area contributed by atoms with Gasteiger partial charge in [-0.05, 0) is 36.8 Å². The van der Waals surface area contributed by atoms with Gasteiger partial charge in [-0.3, -0.25) is 4.79 Å². The molecule has 0 heterocycles. The summed E-state index contributed by atoms with van der Waals surface area (Å²) in [5.74, 6) is -1.35. The molecule has 0 unspecified atom stereocenters. The molecule has 0 aliphatic rings. The van der Waals surface area contributed by atoms with E-state index in [0.29, 0.717) is 10.0 Å². The van der Waals surface area contributed by atoms with Crippen LogP contribution in [0, 0.1) is 6.92 Å². The summed E-state index contributed by atoms with van der Waals surface area (Å²) < 4.78 is 4.93. The number of carbonyl (C=O) groups is 2. The molecule has 0 fully saturated rings. The number of carbonyl (C=O) groups excluding carboxylic acids is 2. The molecule has 0 saturated heterocycles. The zero-order chi connectivity index (χ0) is 17.9. The average molecular weight is 407 g/mol. The van der Waals surface area contributed by atoms with Gasteiger partial charge in [0, 0.05) is 5.02 Å². The van der Waals surface area contributed by atoms with Crippen molar-refractivity contribution < 1.29 is 14.3 Å². The molecule has 8 heteroatoms. The van der Waals surface area contributed by atoms with Crippen molar-refractivity contribution in [1.82, 2.24) is 0 Å². The van der Waals surface area contributed by atoms with E-state index in [4.69, 9.17) is 51.1 Å². The molecule has 2 aromatic rings. The summed E-state index contributed by atoms with van der Waals surface area (Å²) >= 11 is 23.8. The fourth-order valence-corrected chi connectivity index (χ4v) is 2.64. The van der Waals surface area contributed by atoms with Crippen molar-refractivity contribution in [2.24, 2.45) is 0 Å². The Balaban J connectivity index is 2.03. The maximum atomic E-state index is 12.0. The van der Waals surface area contributed by atoms with Gasteiger partial charge in [0.15, 0.2) is 6.61 Å². The highest BCUT2D eigenvalue weighted by Gasteiger charge is 2.16. The van der Waals surface area contributed by atoms with Crippen molar-refractivity contribution in [1.29, 1.82) is 0 Å². The normalized spacial score (nSPS) is 10.4. The molecule has 0 spiro atoms. The van der Waals surface area contributed by atoms with E-state index in [0.717, 1.165) is 5.56 Å². The molecule has 0 radical (unpaired) electrons. The number of amides is 1. The molecule has 126 valence electrons. The summed E-state index contributed by atoms with van der Waals surface area (Å²) in [6, 6.07) is 7.69. The number of hydrogen-bond donors (Lipinski definition) is 1. The van der Waals surface area contributed by atoms with Crippen LogP contribution in [-0.4, -0.2) is 18.5 Å². The molecule has 0 saturated carbocycles. The maximum Gasteiger partial charge on any atom is 0.340 e. The Morgan fingerprint density at radius 1 is 1.04 bits per heavy atom. The first-order valence-corrected chi connectivity index (χ1v) is 8.17. The summed E-state index contributed by atoms with van der Waals surface area (Å²) in [6.45, 7) is 1.25. The largest absolute Gasteiger partial charge is 0.452 e. The standard InChI is InChI=1S/C16H11Cl4NO3/c1-8-2-4-12(19)15(14(8)20)21-13(22)7-24-16(23)10-6-9(17)3-5-11(10)18/h2-6H,7H2,1H3,(H,21,22). The number of esters is 1. The summed E-state index contributed by atoms with van der Waals surface area (Å²) in [5.41, 5.74) is 1.09. The van der Waals surface area contributed by atoms with Crippen LogP contribution in [0.1, 0.15) is 15.9 Å². The predicted octanol–water partition coefficient (Wildman–Crippen LogP) is 5.40. The Hall–Kier alpha value is -1.46. The molecule has 4 nitrogen and oxygen atoms in total. The Labute approximate surface area is 158 Å². The van der Waals surface area contributed by atoms with E-state index < -0.39 is 18.5 Å². The predicted molar refractivity (Wildman–Crippen MR) is 96.6 cm³/mol. The molecule has 0 aliphatic heterocycles. The van der Waals surface area contributed by atoms with Crippen LogP contribution >= 0.6 is 46.4 Å². The fraction of sp³-hybridized carbons (Fsp3) is 0.125. The first kappa shape index (κ1) is 18.9. The Morgan fingerprint density at radius 3 is 2.42 bits per heavy atom. The summed E-state index contributed by atoms with van der Waals surface area (Å²) in [5, 5.41) is 3.62. The number of ether oxygens (including phenoxy) is 1. The Bertz CT molecular complexity index is 808. The SMILES string of the molecule is Cc1ccc(Cl)c(NC(=O)COC(=O)c2cc(Cl)ccc2Cl)c1Cl.